The summed E-state index contributed by atoms with van der Waals surface area (Å²) in [5.74, 6) is -0.574. The third-order valence-electron chi connectivity index (χ3n) is 2.03. The highest BCUT2D eigenvalue weighted by Gasteiger charge is 2.13. The quantitative estimate of drug-likeness (QED) is 0.862. The van der Waals surface area contributed by atoms with Gasteiger partial charge < -0.3 is 10.8 Å². The minimum Gasteiger partial charge on any atom is -0.481 e. The van der Waals surface area contributed by atoms with Crippen LogP contribution in [-0.2, 0) is 11.2 Å². The molecule has 2 heterocycles. The summed E-state index contributed by atoms with van der Waals surface area (Å²) in [5, 5.41) is 8.67. The number of nitrogens with two attached hydrogens (primary N) is 1. The zero-order valence-corrected chi connectivity index (χ0v) is 9.23. The Bertz CT molecular complexity index is 535. The lowest BCUT2D eigenvalue weighted by molar-refractivity contribution is -0.136. The van der Waals surface area contributed by atoms with Crippen molar-refractivity contribution in [2.75, 3.05) is 5.73 Å². The smallest absolute Gasteiger partial charge is 0.309 e. The number of carboxylic acid groups (broad SMARTS) is 1. The van der Waals surface area contributed by atoms with E-state index in [2.05, 4.69) is 20.9 Å². The first-order valence-electron chi connectivity index (χ1n) is 4.22. The van der Waals surface area contributed by atoms with Gasteiger partial charge in [0.1, 0.15) is 5.82 Å². The Hall–Kier alpha value is -1.56. The number of carboxylic acids is 1. The summed E-state index contributed by atoms with van der Waals surface area (Å²) in [6.07, 6.45) is 1.58. The Morgan fingerprint density at radius 3 is 3.00 bits per heavy atom. The van der Waals surface area contributed by atoms with Crippen molar-refractivity contribution in [1.82, 2.24) is 9.38 Å². The van der Waals surface area contributed by atoms with E-state index in [0.717, 1.165) is 4.47 Å². The van der Waals surface area contributed by atoms with Gasteiger partial charge in [0, 0.05) is 6.20 Å². The Morgan fingerprint density at radius 2 is 2.40 bits per heavy atom. The maximum atomic E-state index is 10.6. The van der Waals surface area contributed by atoms with E-state index in [0.29, 0.717) is 17.2 Å². The van der Waals surface area contributed by atoms with Crippen LogP contribution in [0.25, 0.3) is 5.65 Å². The molecule has 2 rings (SSSR count). The zero-order chi connectivity index (χ0) is 11.0. The molecule has 0 spiro atoms. The van der Waals surface area contributed by atoms with Crippen LogP contribution in [0.15, 0.2) is 22.8 Å². The molecule has 0 amide bonds. The van der Waals surface area contributed by atoms with Crippen LogP contribution in [0.2, 0.25) is 0 Å². The van der Waals surface area contributed by atoms with E-state index < -0.39 is 5.97 Å². The van der Waals surface area contributed by atoms with Crippen LogP contribution in [0, 0.1) is 0 Å². The highest BCUT2D eigenvalue weighted by atomic mass is 79.9. The lowest BCUT2D eigenvalue weighted by Crippen LogP contribution is -2.03. The van der Waals surface area contributed by atoms with Gasteiger partial charge in [-0.2, -0.15) is 0 Å². The van der Waals surface area contributed by atoms with Crippen LogP contribution >= 0.6 is 15.9 Å². The first kappa shape index (κ1) is 9.97. The Morgan fingerprint density at radius 1 is 1.67 bits per heavy atom. The molecule has 0 aliphatic heterocycles. The lowest BCUT2D eigenvalue weighted by Gasteiger charge is -1.96. The molecule has 0 saturated carbocycles. The second kappa shape index (κ2) is 3.54. The third-order valence-corrected chi connectivity index (χ3v) is 2.65. The molecule has 0 atom stereocenters. The summed E-state index contributed by atoms with van der Waals surface area (Å²) < 4.78 is 2.44. The fourth-order valence-corrected chi connectivity index (χ4v) is 1.81. The number of nitrogens with zero attached hydrogens (tertiary/aromatic N) is 2. The number of nitrogen functional groups attached to an aromatic ring is 1. The minimum atomic E-state index is -0.943. The topological polar surface area (TPSA) is 80.6 Å². The van der Waals surface area contributed by atoms with Crippen molar-refractivity contribution in [3.05, 3.63) is 28.5 Å². The van der Waals surface area contributed by atoms with Gasteiger partial charge in [0.2, 0.25) is 0 Å². The van der Waals surface area contributed by atoms with Gasteiger partial charge in [-0.15, -0.1) is 0 Å². The summed E-state index contributed by atoms with van der Waals surface area (Å²) in [4.78, 5) is 14.7. The monoisotopic (exact) mass is 269 g/mol. The molecule has 0 bridgehead atoms. The van der Waals surface area contributed by atoms with Crippen molar-refractivity contribution in [3.8, 4) is 0 Å². The van der Waals surface area contributed by atoms with Crippen LogP contribution < -0.4 is 5.73 Å². The Kier molecular flexibility index (Phi) is 2.36. The molecule has 0 unspecified atom stereocenters. The summed E-state index contributed by atoms with van der Waals surface area (Å²) in [5.41, 5.74) is 6.79. The van der Waals surface area contributed by atoms with Crippen molar-refractivity contribution in [3.63, 3.8) is 0 Å². The predicted molar refractivity (Wildman–Crippen MR) is 58.6 cm³/mol. The maximum Gasteiger partial charge on any atom is 0.309 e. The van der Waals surface area contributed by atoms with E-state index >= 15 is 0 Å². The van der Waals surface area contributed by atoms with Crippen LogP contribution in [0.5, 0.6) is 0 Å². The molecule has 78 valence electrons. The third kappa shape index (κ3) is 1.68. The number of halogens is 1. The fourth-order valence-electron chi connectivity index (χ4n) is 1.37. The van der Waals surface area contributed by atoms with Gasteiger partial charge in [-0.3, -0.25) is 9.20 Å². The molecular formula is C9H8BrN3O2. The number of anilines is 1. The number of aliphatic carboxylic acids is 1. The standard InChI is InChI=1S/C9H8BrN3O2/c10-5-2-1-3-13-8(11)6(4-7(14)15)12-9(5)13/h1-3H,4,11H2,(H,14,15). The number of aromatic nitrogens is 2. The molecule has 2 aromatic rings. The average Bonchev–Trinajstić information content (AvgIpc) is 2.46. The van der Waals surface area contributed by atoms with Gasteiger partial charge in [0.15, 0.2) is 5.65 Å². The lowest BCUT2D eigenvalue weighted by atomic mass is 10.3. The number of fused-ring (bicyclic) bond motifs is 1. The number of pyridine rings is 1. The number of imidazole rings is 1. The van der Waals surface area contributed by atoms with Crippen molar-refractivity contribution in [2.45, 2.75) is 6.42 Å². The number of hydrogen-bond donors (Lipinski definition) is 2. The van der Waals surface area contributed by atoms with Crippen LogP contribution in [0.1, 0.15) is 5.69 Å². The van der Waals surface area contributed by atoms with Gasteiger partial charge in [0.25, 0.3) is 0 Å². The molecule has 15 heavy (non-hydrogen) atoms. The maximum absolute atomic E-state index is 10.6. The molecular weight excluding hydrogens is 262 g/mol. The second-order valence-electron chi connectivity index (χ2n) is 3.06. The Balaban J connectivity index is 2.64. The molecule has 0 radical (unpaired) electrons. The predicted octanol–water partition coefficient (Wildman–Crippen LogP) is 1.31. The van der Waals surface area contributed by atoms with Crippen molar-refractivity contribution >= 4 is 33.4 Å². The fraction of sp³-hybridized carbons (Fsp3) is 0.111. The summed E-state index contributed by atoms with van der Waals surface area (Å²) in [6, 6.07) is 3.63. The number of hydrogen-bond acceptors (Lipinski definition) is 3. The number of rotatable bonds is 2. The molecule has 2 aromatic heterocycles. The van der Waals surface area contributed by atoms with Crippen molar-refractivity contribution < 1.29 is 9.90 Å². The minimum absolute atomic E-state index is 0.167. The van der Waals surface area contributed by atoms with E-state index in [9.17, 15) is 4.79 Å². The van der Waals surface area contributed by atoms with E-state index in [1.165, 1.54) is 0 Å². The summed E-state index contributed by atoms with van der Waals surface area (Å²) in [7, 11) is 0. The van der Waals surface area contributed by atoms with Gasteiger partial charge in [-0.25, -0.2) is 4.98 Å². The molecule has 6 heteroatoms. The molecule has 0 aliphatic rings. The average molecular weight is 270 g/mol. The normalized spacial score (nSPS) is 10.7. The molecule has 5 nitrogen and oxygen atoms in total. The second-order valence-corrected chi connectivity index (χ2v) is 3.92. The van der Waals surface area contributed by atoms with E-state index in [1.54, 1.807) is 16.7 Å². The molecule has 3 N–H and O–H groups in total. The molecule has 0 saturated heterocycles. The van der Waals surface area contributed by atoms with Crippen LogP contribution in [0.4, 0.5) is 5.82 Å². The number of carbonyl (C=O) groups is 1. The highest BCUT2D eigenvalue weighted by molar-refractivity contribution is 9.10. The van der Waals surface area contributed by atoms with Gasteiger partial charge in [0.05, 0.1) is 16.6 Å². The zero-order valence-electron chi connectivity index (χ0n) is 7.64. The summed E-state index contributed by atoms with van der Waals surface area (Å²) in [6.45, 7) is 0. The largest absolute Gasteiger partial charge is 0.481 e. The Labute approximate surface area is 93.7 Å². The molecule has 0 aromatic carbocycles. The van der Waals surface area contributed by atoms with Gasteiger partial charge in [-0.05, 0) is 28.1 Å². The first-order valence-corrected chi connectivity index (χ1v) is 5.01. The van der Waals surface area contributed by atoms with Gasteiger partial charge in [-0.1, -0.05) is 0 Å². The van der Waals surface area contributed by atoms with Gasteiger partial charge >= 0.3 is 5.97 Å². The van der Waals surface area contributed by atoms with E-state index in [4.69, 9.17) is 10.8 Å². The highest BCUT2D eigenvalue weighted by Crippen LogP contribution is 2.22. The molecule has 0 aliphatic carbocycles. The first-order chi connectivity index (χ1) is 7.09. The SMILES string of the molecule is Nc1c(CC(=O)O)nc2c(Br)cccn12. The molecule has 0 fully saturated rings. The van der Waals surface area contributed by atoms with Crippen LogP contribution in [-0.4, -0.2) is 20.5 Å². The van der Waals surface area contributed by atoms with E-state index in [-0.39, 0.29) is 6.42 Å². The van der Waals surface area contributed by atoms with Crippen LogP contribution in [0.3, 0.4) is 0 Å². The van der Waals surface area contributed by atoms with Crippen molar-refractivity contribution in [2.24, 2.45) is 0 Å². The van der Waals surface area contributed by atoms with Crippen molar-refractivity contribution in [1.29, 1.82) is 0 Å². The summed E-state index contributed by atoms with van der Waals surface area (Å²) >= 11 is 3.32. The van der Waals surface area contributed by atoms with E-state index in [1.807, 2.05) is 6.07 Å².